The molecule has 1 rings (SSSR count). The maximum absolute atomic E-state index is 12.0. The van der Waals surface area contributed by atoms with Gasteiger partial charge in [-0.15, -0.1) is 0 Å². The number of carbonyl (C=O) groups is 3. The monoisotopic (exact) mass is 286 g/mol. The minimum Gasteiger partial charge on any atom is -0.395 e. The van der Waals surface area contributed by atoms with Gasteiger partial charge in [-0.05, 0) is 13.0 Å². The number of imide groups is 1. The average molecular weight is 286 g/mol. The fourth-order valence-electron chi connectivity index (χ4n) is 2.04. The maximum atomic E-state index is 12.0. The fourth-order valence-corrected chi connectivity index (χ4v) is 2.04. The first-order chi connectivity index (χ1) is 9.63. The lowest BCUT2D eigenvalue weighted by molar-refractivity contribution is -0.154. The fraction of sp³-hybridized carbons (Fsp3) is 0.750. The van der Waals surface area contributed by atoms with Crippen LogP contribution >= 0.6 is 0 Å². The molecule has 0 atom stereocenters. The van der Waals surface area contributed by atoms with Crippen LogP contribution in [0.15, 0.2) is 0 Å². The number of nitrogens with two attached hydrogens (primary N) is 1. The van der Waals surface area contributed by atoms with Crippen molar-refractivity contribution in [3.63, 3.8) is 0 Å². The van der Waals surface area contributed by atoms with Crippen molar-refractivity contribution in [1.82, 2.24) is 14.7 Å². The summed E-state index contributed by atoms with van der Waals surface area (Å²) in [5.74, 6) is -1.46. The number of carbonyl (C=O) groups excluding carboxylic acids is 3. The van der Waals surface area contributed by atoms with Crippen molar-refractivity contribution < 1.29 is 19.5 Å². The summed E-state index contributed by atoms with van der Waals surface area (Å²) in [7, 11) is 0. The summed E-state index contributed by atoms with van der Waals surface area (Å²) < 4.78 is 0. The minimum atomic E-state index is -0.802. The van der Waals surface area contributed by atoms with Crippen molar-refractivity contribution in [3.05, 3.63) is 0 Å². The molecule has 0 aromatic carbocycles. The third-order valence-electron chi connectivity index (χ3n) is 3.25. The van der Waals surface area contributed by atoms with Crippen LogP contribution < -0.4 is 5.73 Å². The van der Waals surface area contributed by atoms with Crippen LogP contribution in [0.4, 0.5) is 0 Å². The minimum absolute atomic E-state index is 0.0743. The van der Waals surface area contributed by atoms with Crippen LogP contribution in [-0.4, -0.2) is 90.5 Å². The van der Waals surface area contributed by atoms with Gasteiger partial charge in [-0.1, -0.05) is 0 Å². The van der Waals surface area contributed by atoms with Gasteiger partial charge in [0.15, 0.2) is 0 Å². The van der Waals surface area contributed by atoms with Gasteiger partial charge in [0.25, 0.3) is 0 Å². The molecule has 1 saturated heterocycles. The molecule has 114 valence electrons. The Hall–Kier alpha value is -1.51. The van der Waals surface area contributed by atoms with Crippen LogP contribution in [0.3, 0.4) is 0 Å². The van der Waals surface area contributed by atoms with Crippen molar-refractivity contribution >= 4 is 18.2 Å². The van der Waals surface area contributed by atoms with E-state index in [1.54, 1.807) is 0 Å². The zero-order valence-corrected chi connectivity index (χ0v) is 11.5. The van der Waals surface area contributed by atoms with Gasteiger partial charge in [0.05, 0.1) is 6.61 Å². The Bertz CT molecular complexity index is 342. The number of hydrogen-bond donors (Lipinski definition) is 2. The molecule has 8 heteroatoms. The molecule has 3 amide bonds. The molecule has 1 fully saturated rings. The van der Waals surface area contributed by atoms with E-state index in [4.69, 9.17) is 10.8 Å². The molecule has 3 N–H and O–H groups in total. The number of β-amino-alcohol motifs (C(OH)–C–C–N with tert-alkyl or cyclic N) is 1. The van der Waals surface area contributed by atoms with Crippen molar-refractivity contribution in [2.45, 2.75) is 6.42 Å². The zero-order chi connectivity index (χ0) is 15.0. The topological polar surface area (TPSA) is 107 Å². The number of rotatable bonds is 6. The first kappa shape index (κ1) is 16.5. The molecule has 1 heterocycles. The first-order valence-corrected chi connectivity index (χ1v) is 6.72. The van der Waals surface area contributed by atoms with Gasteiger partial charge in [0.1, 0.15) is 0 Å². The van der Waals surface area contributed by atoms with E-state index >= 15 is 0 Å². The molecule has 0 aliphatic carbocycles. The van der Waals surface area contributed by atoms with Crippen molar-refractivity contribution in [2.24, 2.45) is 5.73 Å². The van der Waals surface area contributed by atoms with Crippen LogP contribution in [0.1, 0.15) is 6.42 Å². The Labute approximate surface area is 118 Å². The third-order valence-corrected chi connectivity index (χ3v) is 3.25. The zero-order valence-electron chi connectivity index (χ0n) is 11.5. The Morgan fingerprint density at radius 3 is 2.40 bits per heavy atom. The SMILES string of the molecule is NCCCN(C=O)C(=O)C(=O)N1CCN(CCO)CC1. The van der Waals surface area contributed by atoms with Gasteiger partial charge in [-0.3, -0.25) is 24.2 Å². The summed E-state index contributed by atoms with van der Waals surface area (Å²) in [6, 6.07) is 0. The number of piperazine rings is 1. The van der Waals surface area contributed by atoms with Crippen molar-refractivity contribution in [2.75, 3.05) is 52.4 Å². The van der Waals surface area contributed by atoms with E-state index in [0.717, 1.165) is 4.90 Å². The van der Waals surface area contributed by atoms with E-state index in [1.165, 1.54) is 4.90 Å². The smallest absolute Gasteiger partial charge is 0.318 e. The van der Waals surface area contributed by atoms with Gasteiger partial charge < -0.3 is 15.7 Å². The Balaban J connectivity index is 2.48. The number of hydrogen-bond acceptors (Lipinski definition) is 6. The molecule has 0 aromatic rings. The number of aliphatic hydroxyl groups excluding tert-OH is 1. The van der Waals surface area contributed by atoms with E-state index in [-0.39, 0.29) is 13.2 Å². The number of nitrogens with zero attached hydrogens (tertiary/aromatic N) is 3. The van der Waals surface area contributed by atoms with E-state index in [0.29, 0.717) is 52.1 Å². The lowest BCUT2D eigenvalue weighted by Gasteiger charge is -2.34. The van der Waals surface area contributed by atoms with Crippen LogP contribution in [-0.2, 0) is 14.4 Å². The molecule has 0 unspecified atom stereocenters. The largest absolute Gasteiger partial charge is 0.395 e. The summed E-state index contributed by atoms with van der Waals surface area (Å²) >= 11 is 0. The summed E-state index contributed by atoms with van der Waals surface area (Å²) in [5.41, 5.74) is 5.32. The average Bonchev–Trinajstić information content (AvgIpc) is 2.48. The molecule has 1 aliphatic heterocycles. The van der Waals surface area contributed by atoms with E-state index in [9.17, 15) is 14.4 Å². The molecule has 8 nitrogen and oxygen atoms in total. The van der Waals surface area contributed by atoms with E-state index in [2.05, 4.69) is 0 Å². The van der Waals surface area contributed by atoms with Crippen LogP contribution in [0.2, 0.25) is 0 Å². The van der Waals surface area contributed by atoms with E-state index < -0.39 is 11.8 Å². The summed E-state index contributed by atoms with van der Waals surface area (Å²) in [6.45, 7) is 3.23. The lowest BCUT2D eigenvalue weighted by Crippen LogP contribution is -2.53. The Morgan fingerprint density at radius 2 is 1.90 bits per heavy atom. The third kappa shape index (κ3) is 4.55. The number of aliphatic hydroxyl groups is 1. The highest BCUT2D eigenvalue weighted by atomic mass is 16.3. The normalized spacial score (nSPS) is 16.0. The second-order valence-corrected chi connectivity index (χ2v) is 4.60. The van der Waals surface area contributed by atoms with Gasteiger partial charge in [-0.25, -0.2) is 0 Å². The highest BCUT2D eigenvalue weighted by Crippen LogP contribution is 2.03. The van der Waals surface area contributed by atoms with Gasteiger partial charge in [0, 0.05) is 39.3 Å². The highest BCUT2D eigenvalue weighted by molar-refractivity contribution is 6.36. The maximum Gasteiger partial charge on any atom is 0.318 e. The second-order valence-electron chi connectivity index (χ2n) is 4.60. The summed E-state index contributed by atoms with van der Waals surface area (Å²) in [4.78, 5) is 39.1. The van der Waals surface area contributed by atoms with Crippen LogP contribution in [0.25, 0.3) is 0 Å². The summed E-state index contributed by atoms with van der Waals surface area (Å²) in [6.07, 6.45) is 0.847. The molecular formula is C12H22N4O4. The predicted octanol–water partition coefficient (Wildman–Crippen LogP) is -2.54. The van der Waals surface area contributed by atoms with Gasteiger partial charge in [-0.2, -0.15) is 0 Å². The number of amides is 3. The molecule has 0 saturated carbocycles. The van der Waals surface area contributed by atoms with E-state index in [1.807, 2.05) is 4.90 Å². The molecule has 1 aliphatic rings. The quantitative estimate of drug-likeness (QED) is 0.411. The lowest BCUT2D eigenvalue weighted by atomic mass is 10.3. The second kappa shape index (κ2) is 8.62. The molecule has 0 spiro atoms. The summed E-state index contributed by atoms with van der Waals surface area (Å²) in [5, 5.41) is 8.84. The molecule has 0 bridgehead atoms. The molecule has 20 heavy (non-hydrogen) atoms. The van der Waals surface area contributed by atoms with Crippen LogP contribution in [0.5, 0.6) is 0 Å². The first-order valence-electron chi connectivity index (χ1n) is 6.72. The van der Waals surface area contributed by atoms with Crippen LogP contribution in [0, 0.1) is 0 Å². The van der Waals surface area contributed by atoms with Gasteiger partial charge in [0.2, 0.25) is 6.41 Å². The molecule has 0 aromatic heterocycles. The predicted molar refractivity (Wildman–Crippen MR) is 71.6 cm³/mol. The van der Waals surface area contributed by atoms with Gasteiger partial charge >= 0.3 is 11.8 Å². The standard InChI is InChI=1S/C12H22N4O4/c13-2-1-3-16(10-18)12(20)11(19)15-6-4-14(5-7-15)8-9-17/h10,17H,1-9,13H2. The molecular weight excluding hydrogens is 264 g/mol. The van der Waals surface area contributed by atoms with Crippen molar-refractivity contribution in [3.8, 4) is 0 Å². The highest BCUT2D eigenvalue weighted by Gasteiger charge is 2.29. The Kier molecular flexibility index (Phi) is 7.13. The van der Waals surface area contributed by atoms with Crippen molar-refractivity contribution in [1.29, 1.82) is 0 Å². The molecule has 0 radical (unpaired) electrons. The Morgan fingerprint density at radius 1 is 1.25 bits per heavy atom.